The Bertz CT molecular complexity index is 3580. The van der Waals surface area contributed by atoms with Crippen molar-refractivity contribution in [2.45, 2.75) is 0 Å². The zero-order chi connectivity index (χ0) is 41.7. The maximum Gasteiger partial charge on any atom is 0.143 e. The van der Waals surface area contributed by atoms with Gasteiger partial charge in [0.15, 0.2) is 0 Å². The number of furan rings is 1. The van der Waals surface area contributed by atoms with Gasteiger partial charge in [-0.05, 0) is 82.4 Å². The van der Waals surface area contributed by atoms with Gasteiger partial charge in [-0.3, -0.25) is 0 Å². The van der Waals surface area contributed by atoms with Crippen LogP contribution in [0.2, 0.25) is 0 Å². The first-order valence-electron chi connectivity index (χ1n) is 21.5. The van der Waals surface area contributed by atoms with Crippen molar-refractivity contribution in [3.63, 3.8) is 0 Å². The van der Waals surface area contributed by atoms with Crippen LogP contribution in [0.3, 0.4) is 0 Å². The highest BCUT2D eigenvalue weighted by atomic mass is 16.3. The Morgan fingerprint density at radius 1 is 0.317 bits per heavy atom. The number of aromatic nitrogens is 1. The lowest BCUT2D eigenvalue weighted by atomic mass is 9.97. The van der Waals surface area contributed by atoms with Crippen molar-refractivity contribution in [3.8, 4) is 50.2 Å². The second-order valence-corrected chi connectivity index (χ2v) is 16.1. The number of rotatable bonds is 8. The lowest BCUT2D eigenvalue weighted by Crippen LogP contribution is -2.12. The molecule has 63 heavy (non-hydrogen) atoms. The molecule has 2 heterocycles. The zero-order valence-corrected chi connectivity index (χ0v) is 34.4. The SMILES string of the molecule is c1ccc(-c2ccc(-c3cccc(N(c4cccc(-c5cccc6c5oc5ccccc56)c4)c4ccccc4-c4ccccc4-n4c5ccccc5c5ccccc54)c3)cc2)cc1. The summed E-state index contributed by atoms with van der Waals surface area (Å²) in [5.41, 5.74) is 17.5. The Morgan fingerprint density at radius 3 is 1.56 bits per heavy atom. The molecule has 3 heteroatoms. The smallest absolute Gasteiger partial charge is 0.143 e. The Morgan fingerprint density at radius 2 is 0.810 bits per heavy atom. The average molecular weight is 805 g/mol. The van der Waals surface area contributed by atoms with Gasteiger partial charge >= 0.3 is 0 Å². The molecule has 10 aromatic carbocycles. The number of hydrogen-bond acceptors (Lipinski definition) is 2. The lowest BCUT2D eigenvalue weighted by Gasteiger charge is -2.29. The third-order valence-corrected chi connectivity index (χ3v) is 12.4. The highest BCUT2D eigenvalue weighted by Gasteiger charge is 2.22. The topological polar surface area (TPSA) is 21.3 Å². The first-order chi connectivity index (χ1) is 31.3. The fourth-order valence-electron chi connectivity index (χ4n) is 9.50. The summed E-state index contributed by atoms with van der Waals surface area (Å²) in [4.78, 5) is 2.42. The van der Waals surface area contributed by atoms with E-state index in [1.165, 1.54) is 32.9 Å². The van der Waals surface area contributed by atoms with Crippen molar-refractivity contribution < 1.29 is 4.42 Å². The van der Waals surface area contributed by atoms with E-state index in [1.54, 1.807) is 0 Å². The van der Waals surface area contributed by atoms with E-state index in [0.29, 0.717) is 0 Å². The van der Waals surface area contributed by atoms with Crippen LogP contribution in [0.1, 0.15) is 0 Å². The van der Waals surface area contributed by atoms with Gasteiger partial charge in [-0.2, -0.15) is 0 Å². The van der Waals surface area contributed by atoms with Crippen LogP contribution < -0.4 is 4.90 Å². The van der Waals surface area contributed by atoms with Gasteiger partial charge in [-0.25, -0.2) is 0 Å². The van der Waals surface area contributed by atoms with Crippen LogP contribution in [0.5, 0.6) is 0 Å². The lowest BCUT2D eigenvalue weighted by molar-refractivity contribution is 0.670. The molecule has 0 radical (unpaired) electrons. The molecule has 0 unspecified atom stereocenters. The van der Waals surface area contributed by atoms with Gasteiger partial charge in [0.2, 0.25) is 0 Å². The van der Waals surface area contributed by atoms with E-state index < -0.39 is 0 Å². The molecular formula is C60H40N2O. The van der Waals surface area contributed by atoms with Crippen LogP contribution in [-0.4, -0.2) is 4.57 Å². The summed E-state index contributed by atoms with van der Waals surface area (Å²) in [6.45, 7) is 0. The number of benzene rings is 10. The van der Waals surface area contributed by atoms with Gasteiger partial charge in [-0.1, -0.05) is 188 Å². The molecule has 2 aromatic heterocycles. The molecule has 0 aliphatic carbocycles. The van der Waals surface area contributed by atoms with Crippen molar-refractivity contribution in [3.05, 3.63) is 243 Å². The predicted octanol–water partition coefficient (Wildman–Crippen LogP) is 16.8. The molecule has 0 bridgehead atoms. The summed E-state index contributed by atoms with van der Waals surface area (Å²) in [7, 11) is 0. The Kier molecular flexibility index (Phi) is 8.83. The standard InChI is InChI=1S/C60H40N2O/c1-2-17-41(18-3-1)42-35-37-43(38-36-42)44-19-14-21-46(39-44)61(47-22-15-20-45(40-47)48-28-16-29-54-53-27-8-13-34-59(53)63-60(48)54)55-30-9-4-23-49(55)50-24-5-10-31-56(50)62-57-32-11-6-25-51(57)52-26-7-12-33-58(52)62/h1-40H. The predicted molar refractivity (Wildman–Crippen MR) is 264 cm³/mol. The molecule has 0 aliphatic rings. The molecule has 0 N–H and O–H groups in total. The van der Waals surface area contributed by atoms with Crippen LogP contribution >= 0.6 is 0 Å². The molecule has 0 saturated heterocycles. The van der Waals surface area contributed by atoms with Crippen LogP contribution in [0, 0.1) is 0 Å². The van der Waals surface area contributed by atoms with E-state index in [0.717, 1.165) is 78.1 Å². The van der Waals surface area contributed by atoms with Crippen molar-refractivity contribution in [1.82, 2.24) is 4.57 Å². The molecular weight excluding hydrogens is 765 g/mol. The minimum Gasteiger partial charge on any atom is -0.455 e. The van der Waals surface area contributed by atoms with Crippen molar-refractivity contribution in [2.24, 2.45) is 0 Å². The van der Waals surface area contributed by atoms with Gasteiger partial charge < -0.3 is 13.9 Å². The fraction of sp³-hybridized carbons (Fsp3) is 0. The van der Waals surface area contributed by atoms with E-state index in [9.17, 15) is 0 Å². The summed E-state index contributed by atoms with van der Waals surface area (Å²) in [6.07, 6.45) is 0. The van der Waals surface area contributed by atoms with Crippen molar-refractivity contribution in [2.75, 3.05) is 4.90 Å². The van der Waals surface area contributed by atoms with Crippen LogP contribution in [0.15, 0.2) is 247 Å². The zero-order valence-electron chi connectivity index (χ0n) is 34.4. The molecule has 0 spiro atoms. The minimum atomic E-state index is 0.891. The number of fused-ring (bicyclic) bond motifs is 6. The summed E-state index contributed by atoms with van der Waals surface area (Å²) < 4.78 is 9.01. The van der Waals surface area contributed by atoms with Gasteiger partial charge in [0.1, 0.15) is 11.2 Å². The number of nitrogens with zero attached hydrogens (tertiary/aromatic N) is 2. The van der Waals surface area contributed by atoms with E-state index in [2.05, 4.69) is 240 Å². The summed E-state index contributed by atoms with van der Waals surface area (Å²) >= 11 is 0. The number of anilines is 3. The quantitative estimate of drug-likeness (QED) is 0.153. The van der Waals surface area contributed by atoms with Gasteiger partial charge in [-0.15, -0.1) is 0 Å². The Labute approximate surface area is 366 Å². The minimum absolute atomic E-state index is 0.891. The summed E-state index contributed by atoms with van der Waals surface area (Å²) in [5, 5.41) is 4.71. The maximum atomic E-state index is 6.58. The van der Waals surface area contributed by atoms with E-state index in [4.69, 9.17) is 4.42 Å². The van der Waals surface area contributed by atoms with Gasteiger partial charge in [0, 0.05) is 49.6 Å². The molecule has 0 aliphatic heterocycles. The second-order valence-electron chi connectivity index (χ2n) is 16.1. The average Bonchev–Trinajstić information content (AvgIpc) is 3.91. The number of hydrogen-bond donors (Lipinski definition) is 0. The van der Waals surface area contributed by atoms with E-state index in [1.807, 2.05) is 12.1 Å². The molecule has 0 amide bonds. The van der Waals surface area contributed by atoms with E-state index >= 15 is 0 Å². The highest BCUT2D eigenvalue weighted by Crippen LogP contribution is 2.46. The van der Waals surface area contributed by atoms with Crippen LogP contribution in [0.4, 0.5) is 17.1 Å². The van der Waals surface area contributed by atoms with Crippen molar-refractivity contribution in [1.29, 1.82) is 0 Å². The summed E-state index contributed by atoms with van der Waals surface area (Å²) in [6, 6.07) is 87.2. The van der Waals surface area contributed by atoms with Crippen LogP contribution in [0.25, 0.3) is 93.9 Å². The fourth-order valence-corrected chi connectivity index (χ4v) is 9.50. The molecule has 0 saturated carbocycles. The molecule has 296 valence electrons. The van der Waals surface area contributed by atoms with Gasteiger partial charge in [0.25, 0.3) is 0 Å². The molecule has 0 fully saturated rings. The number of para-hydroxylation sites is 6. The Balaban J connectivity index is 1.06. The summed E-state index contributed by atoms with van der Waals surface area (Å²) in [5.74, 6) is 0. The van der Waals surface area contributed by atoms with Crippen LogP contribution in [-0.2, 0) is 0 Å². The molecule has 3 nitrogen and oxygen atoms in total. The normalized spacial score (nSPS) is 11.5. The molecule has 12 rings (SSSR count). The Hall–Kier alpha value is -8.40. The third-order valence-electron chi connectivity index (χ3n) is 12.4. The largest absolute Gasteiger partial charge is 0.455 e. The second kappa shape index (κ2) is 15.3. The maximum absolute atomic E-state index is 6.58. The van der Waals surface area contributed by atoms with Crippen molar-refractivity contribution >= 4 is 60.8 Å². The highest BCUT2D eigenvalue weighted by molar-refractivity contribution is 6.11. The molecule has 12 aromatic rings. The van der Waals surface area contributed by atoms with Gasteiger partial charge in [0.05, 0.1) is 22.4 Å². The first kappa shape index (κ1) is 36.5. The first-order valence-corrected chi connectivity index (χ1v) is 21.5. The third kappa shape index (κ3) is 6.29. The van der Waals surface area contributed by atoms with E-state index in [-0.39, 0.29) is 0 Å². The monoisotopic (exact) mass is 804 g/mol. The molecule has 0 atom stereocenters.